The highest BCUT2D eigenvalue weighted by Crippen LogP contribution is 2.33. The molecule has 14 nitrogen and oxygen atoms in total. The van der Waals surface area contributed by atoms with E-state index < -0.39 is 17.9 Å². The zero-order valence-corrected chi connectivity index (χ0v) is 30.3. The molecule has 14 heteroatoms. The molecule has 4 aliphatic rings. The number of carbonyl (C=O) groups is 3. The maximum atomic E-state index is 13.2. The first kappa shape index (κ1) is 34.8. The number of hydrogen-bond acceptors (Lipinski definition) is 10. The van der Waals surface area contributed by atoms with Crippen molar-refractivity contribution in [2.75, 3.05) is 60.9 Å². The number of imide groups is 1. The number of nitrogens with zero attached hydrogens (tertiary/aromatic N) is 7. The van der Waals surface area contributed by atoms with Gasteiger partial charge in [-0.15, -0.1) is 0 Å². The van der Waals surface area contributed by atoms with Crippen LogP contribution in [0.2, 0.25) is 0 Å². The summed E-state index contributed by atoms with van der Waals surface area (Å²) in [6.45, 7) is 6.98. The molecule has 8 rings (SSSR count). The quantitative estimate of drug-likeness (QED) is 0.218. The summed E-state index contributed by atoms with van der Waals surface area (Å²) >= 11 is 0. The van der Waals surface area contributed by atoms with Gasteiger partial charge in [0.15, 0.2) is 11.5 Å². The van der Waals surface area contributed by atoms with Gasteiger partial charge in [0.05, 0.1) is 17.2 Å². The first-order chi connectivity index (χ1) is 25.7. The monoisotopic (exact) mass is 720 g/mol. The van der Waals surface area contributed by atoms with Gasteiger partial charge in [-0.2, -0.15) is 0 Å². The lowest BCUT2D eigenvalue weighted by Gasteiger charge is -2.34. The minimum absolute atomic E-state index is 0.141. The van der Waals surface area contributed by atoms with Gasteiger partial charge in [0, 0.05) is 57.6 Å². The molecule has 0 saturated carbocycles. The maximum absolute atomic E-state index is 13.2. The molecule has 4 aromatic rings. The van der Waals surface area contributed by atoms with Crippen molar-refractivity contribution in [1.29, 1.82) is 0 Å². The number of hydrogen-bond donors (Lipinski definition) is 3. The third-order valence-corrected chi connectivity index (χ3v) is 11.7. The van der Waals surface area contributed by atoms with E-state index in [4.69, 9.17) is 10.7 Å². The molecule has 0 unspecified atom stereocenters. The number of primary amides is 1. The molecule has 2 aromatic carbocycles. The van der Waals surface area contributed by atoms with Crippen molar-refractivity contribution in [2.24, 2.45) is 18.7 Å². The van der Waals surface area contributed by atoms with Gasteiger partial charge >= 0.3 is 5.69 Å². The molecule has 4 fully saturated rings. The van der Waals surface area contributed by atoms with Gasteiger partial charge in [-0.1, -0.05) is 12.1 Å². The second kappa shape index (κ2) is 14.6. The number of nitrogens with one attached hydrogen (secondary N) is 2. The lowest BCUT2D eigenvalue weighted by molar-refractivity contribution is -0.135. The highest BCUT2D eigenvalue weighted by Gasteiger charge is 2.32. The van der Waals surface area contributed by atoms with Crippen LogP contribution in [0.25, 0.3) is 11.0 Å². The van der Waals surface area contributed by atoms with Crippen molar-refractivity contribution in [2.45, 2.75) is 63.3 Å². The summed E-state index contributed by atoms with van der Waals surface area (Å²) < 4.78 is 3.14. The Balaban J connectivity index is 0.853. The predicted molar refractivity (Wildman–Crippen MR) is 204 cm³/mol. The number of anilines is 4. The van der Waals surface area contributed by atoms with E-state index in [-0.39, 0.29) is 23.7 Å². The van der Waals surface area contributed by atoms with Crippen LogP contribution in [0.5, 0.6) is 0 Å². The summed E-state index contributed by atoms with van der Waals surface area (Å²) in [7, 11) is 1.74. The van der Waals surface area contributed by atoms with Gasteiger partial charge in [-0.05, 0) is 106 Å². The molecule has 0 aliphatic carbocycles. The Kier molecular flexibility index (Phi) is 9.62. The second-order valence-electron chi connectivity index (χ2n) is 15.1. The van der Waals surface area contributed by atoms with Crippen LogP contribution in [0, 0.1) is 5.92 Å². The van der Waals surface area contributed by atoms with Crippen LogP contribution in [0.3, 0.4) is 0 Å². The van der Waals surface area contributed by atoms with E-state index in [1.165, 1.54) is 16.6 Å². The second-order valence-corrected chi connectivity index (χ2v) is 15.1. The van der Waals surface area contributed by atoms with Crippen LogP contribution < -0.4 is 31.9 Å². The minimum atomic E-state index is -0.683. The smallest absolute Gasteiger partial charge is 0.329 e. The summed E-state index contributed by atoms with van der Waals surface area (Å²) in [6.07, 6.45) is 8.98. The van der Waals surface area contributed by atoms with E-state index in [1.54, 1.807) is 17.8 Å². The van der Waals surface area contributed by atoms with Crippen LogP contribution in [-0.2, 0) is 16.6 Å². The number of aryl methyl sites for hydroxylation is 1. The molecule has 278 valence electrons. The van der Waals surface area contributed by atoms with Gasteiger partial charge in [-0.3, -0.25) is 28.8 Å². The normalized spacial score (nSPS) is 21.7. The topological polar surface area (TPSA) is 164 Å². The molecule has 2 aromatic heterocycles. The third kappa shape index (κ3) is 7.11. The SMILES string of the molecule is Cn1c(=O)n([C@@H]2CCC(=O)NC2=O)c2ccc(N3CC[C@H](CN4CCC(c5ccc(Nc6nc(N7CCCCC7)cnc6C(N)=O)cc5)CC4)C3)cc21. The molecule has 4 aliphatic heterocycles. The van der Waals surface area contributed by atoms with E-state index in [9.17, 15) is 19.2 Å². The van der Waals surface area contributed by atoms with Crippen molar-refractivity contribution in [1.82, 2.24) is 29.3 Å². The lowest BCUT2D eigenvalue weighted by atomic mass is 9.89. The summed E-state index contributed by atoms with van der Waals surface area (Å²) in [5, 5.41) is 5.68. The minimum Gasteiger partial charge on any atom is -0.371 e. The number of aromatic nitrogens is 4. The zero-order chi connectivity index (χ0) is 36.6. The van der Waals surface area contributed by atoms with Crippen LogP contribution in [0.15, 0.2) is 53.5 Å². The number of benzene rings is 2. The molecule has 53 heavy (non-hydrogen) atoms. The van der Waals surface area contributed by atoms with Crippen molar-refractivity contribution in [3.8, 4) is 0 Å². The van der Waals surface area contributed by atoms with E-state index in [1.807, 2.05) is 18.2 Å². The van der Waals surface area contributed by atoms with Crippen LogP contribution in [0.1, 0.15) is 79.4 Å². The highest BCUT2D eigenvalue weighted by atomic mass is 16.2. The van der Waals surface area contributed by atoms with E-state index >= 15 is 0 Å². The molecule has 2 atom stereocenters. The molecular weight excluding hydrogens is 672 g/mol. The Bertz CT molecular complexity index is 2080. The largest absolute Gasteiger partial charge is 0.371 e. The number of piperidine rings is 3. The Morgan fingerprint density at radius 3 is 2.42 bits per heavy atom. The van der Waals surface area contributed by atoms with Crippen LogP contribution in [-0.4, -0.2) is 87.5 Å². The Labute approximate surface area is 308 Å². The summed E-state index contributed by atoms with van der Waals surface area (Å²) in [5.74, 6) is 0.896. The number of imidazole rings is 1. The Hall–Kier alpha value is -5.24. The fourth-order valence-electron chi connectivity index (χ4n) is 8.71. The first-order valence-corrected chi connectivity index (χ1v) is 19.0. The maximum Gasteiger partial charge on any atom is 0.329 e. The summed E-state index contributed by atoms with van der Waals surface area (Å²) in [6, 6.07) is 13.8. The van der Waals surface area contributed by atoms with Gasteiger partial charge < -0.3 is 25.8 Å². The molecule has 0 spiro atoms. The van der Waals surface area contributed by atoms with Crippen molar-refractivity contribution in [3.63, 3.8) is 0 Å². The van der Waals surface area contributed by atoms with E-state index in [2.05, 4.69) is 54.6 Å². The van der Waals surface area contributed by atoms with Gasteiger partial charge in [0.25, 0.3) is 5.91 Å². The molecule has 3 amide bonds. The first-order valence-electron chi connectivity index (χ1n) is 19.0. The molecule has 4 saturated heterocycles. The van der Waals surface area contributed by atoms with E-state index in [0.29, 0.717) is 29.6 Å². The van der Waals surface area contributed by atoms with Gasteiger partial charge in [-0.25, -0.2) is 14.8 Å². The van der Waals surface area contributed by atoms with Crippen LogP contribution >= 0.6 is 0 Å². The summed E-state index contributed by atoms with van der Waals surface area (Å²) in [4.78, 5) is 66.0. The average molecular weight is 721 g/mol. The van der Waals surface area contributed by atoms with Crippen LogP contribution in [0.4, 0.5) is 23.0 Å². The predicted octanol–water partition coefficient (Wildman–Crippen LogP) is 3.65. The number of carbonyl (C=O) groups excluding carboxylic acids is 3. The highest BCUT2D eigenvalue weighted by molar-refractivity contribution is 6.00. The average Bonchev–Trinajstić information content (AvgIpc) is 3.74. The number of rotatable bonds is 9. The number of fused-ring (bicyclic) bond motifs is 1. The fraction of sp³-hybridized carbons (Fsp3) is 0.487. The number of nitrogens with two attached hydrogens (primary N) is 1. The molecule has 0 radical (unpaired) electrons. The Morgan fingerprint density at radius 1 is 0.906 bits per heavy atom. The van der Waals surface area contributed by atoms with Crippen molar-refractivity contribution < 1.29 is 14.4 Å². The molecule has 4 N–H and O–H groups in total. The standard InChI is InChI=1S/C39H48N10O4/c1-45-32-21-29(9-10-30(32)49(39(45)53)31-11-12-34(50)44-38(31)52)48-20-13-25(24-48)23-46-18-14-27(15-19-46)26-5-7-28(8-6-26)42-37-35(36(40)51)41-22-33(43-37)47-16-3-2-4-17-47/h5-10,21-22,25,27,31H,2-4,11-20,23-24H2,1H3,(H2,40,51)(H,42,43)(H,44,50,52)/t25-,31-/m1/s1. The van der Waals surface area contributed by atoms with Crippen molar-refractivity contribution >= 4 is 51.8 Å². The molecule has 6 heterocycles. The third-order valence-electron chi connectivity index (χ3n) is 11.7. The van der Waals surface area contributed by atoms with Gasteiger partial charge in [0.2, 0.25) is 11.8 Å². The number of likely N-dealkylation sites (tertiary alicyclic amines) is 1. The Morgan fingerprint density at radius 2 is 1.68 bits per heavy atom. The van der Waals surface area contributed by atoms with Crippen molar-refractivity contribution in [3.05, 3.63) is 70.4 Å². The van der Waals surface area contributed by atoms with Gasteiger partial charge in [0.1, 0.15) is 11.9 Å². The molecular formula is C39H48N10O4. The fourth-order valence-corrected chi connectivity index (χ4v) is 8.71. The summed E-state index contributed by atoms with van der Waals surface area (Å²) in [5.41, 5.74) is 10.3. The lowest BCUT2D eigenvalue weighted by Crippen LogP contribution is -2.44. The van der Waals surface area contributed by atoms with E-state index in [0.717, 1.165) is 101 Å². The zero-order valence-electron chi connectivity index (χ0n) is 30.3. The molecule has 0 bridgehead atoms. The number of amides is 3.